The van der Waals surface area contributed by atoms with E-state index in [0.717, 1.165) is 13.0 Å². The van der Waals surface area contributed by atoms with Crippen molar-refractivity contribution >= 4 is 50.7 Å². The van der Waals surface area contributed by atoms with Crippen LogP contribution in [-0.2, 0) is 0 Å². The summed E-state index contributed by atoms with van der Waals surface area (Å²) in [4.78, 5) is 5.25. The van der Waals surface area contributed by atoms with E-state index >= 15 is 0 Å². The van der Waals surface area contributed by atoms with Gasteiger partial charge in [0.15, 0.2) is 4.34 Å². The molecule has 0 bridgehead atoms. The van der Waals surface area contributed by atoms with Crippen molar-refractivity contribution in [3.05, 3.63) is 9.90 Å². The molecule has 0 radical (unpaired) electrons. The van der Waals surface area contributed by atoms with Crippen molar-refractivity contribution < 1.29 is 0 Å². The second kappa shape index (κ2) is 2.91. The second-order valence-electron chi connectivity index (χ2n) is 1.86. The number of hydrogen-bond donors (Lipinski definition) is 0. The first kappa shape index (κ1) is 7.81. The number of hydrogen-bond acceptors (Lipinski definition) is 4. The predicted molar refractivity (Wildman–Crippen MR) is 55.4 cm³/mol. The Morgan fingerprint density at radius 1 is 1.73 bits per heavy atom. The standard InChI is InChI=1S/C5H4IN3S2/c1-10-5-8-9-2-3(6)7-4(9)11-5/h2H,1H3. The van der Waals surface area contributed by atoms with Gasteiger partial charge in [-0.15, -0.1) is 5.10 Å². The highest BCUT2D eigenvalue weighted by Crippen LogP contribution is 2.22. The van der Waals surface area contributed by atoms with Gasteiger partial charge < -0.3 is 0 Å². The van der Waals surface area contributed by atoms with Gasteiger partial charge in [0.05, 0.1) is 6.20 Å². The van der Waals surface area contributed by atoms with E-state index < -0.39 is 0 Å². The summed E-state index contributed by atoms with van der Waals surface area (Å²) in [6.07, 6.45) is 3.94. The molecule has 0 spiro atoms. The fourth-order valence-electron chi connectivity index (χ4n) is 0.738. The van der Waals surface area contributed by atoms with E-state index in [1.54, 1.807) is 23.1 Å². The van der Waals surface area contributed by atoms with Gasteiger partial charge in [0.25, 0.3) is 0 Å². The molecule has 0 atom stereocenters. The van der Waals surface area contributed by atoms with E-state index in [-0.39, 0.29) is 0 Å². The maximum Gasteiger partial charge on any atom is 0.213 e. The number of halogens is 1. The molecule has 0 aliphatic rings. The highest BCUT2D eigenvalue weighted by Gasteiger charge is 2.04. The van der Waals surface area contributed by atoms with Gasteiger partial charge in [-0.3, -0.25) is 0 Å². The first-order chi connectivity index (χ1) is 5.29. The zero-order valence-corrected chi connectivity index (χ0v) is 9.40. The Morgan fingerprint density at radius 2 is 2.55 bits per heavy atom. The zero-order chi connectivity index (χ0) is 7.84. The fourth-order valence-corrected chi connectivity index (χ4v) is 2.74. The van der Waals surface area contributed by atoms with Crippen LogP contribution in [0.15, 0.2) is 10.5 Å². The number of thioether (sulfide) groups is 1. The van der Waals surface area contributed by atoms with Crippen LogP contribution in [0.1, 0.15) is 0 Å². The van der Waals surface area contributed by atoms with Gasteiger partial charge in [-0.05, 0) is 28.8 Å². The van der Waals surface area contributed by atoms with E-state index in [9.17, 15) is 0 Å². The first-order valence-electron chi connectivity index (χ1n) is 2.85. The van der Waals surface area contributed by atoms with Crippen LogP contribution in [0, 0.1) is 3.70 Å². The van der Waals surface area contributed by atoms with Crippen LogP contribution in [0.5, 0.6) is 0 Å². The van der Waals surface area contributed by atoms with Gasteiger partial charge in [0.2, 0.25) is 4.96 Å². The lowest BCUT2D eigenvalue weighted by molar-refractivity contribution is 0.915. The zero-order valence-electron chi connectivity index (χ0n) is 5.61. The van der Waals surface area contributed by atoms with Crippen molar-refractivity contribution in [1.29, 1.82) is 0 Å². The third-order valence-corrected chi connectivity index (χ3v) is 3.59. The number of imidazole rings is 1. The van der Waals surface area contributed by atoms with Crippen LogP contribution in [-0.4, -0.2) is 20.9 Å². The van der Waals surface area contributed by atoms with E-state index in [1.165, 1.54) is 0 Å². The third kappa shape index (κ3) is 1.38. The van der Waals surface area contributed by atoms with E-state index in [4.69, 9.17) is 0 Å². The summed E-state index contributed by atoms with van der Waals surface area (Å²) < 4.78 is 3.87. The Labute approximate surface area is 85.3 Å². The fraction of sp³-hybridized carbons (Fsp3) is 0.200. The van der Waals surface area contributed by atoms with Crippen molar-refractivity contribution in [1.82, 2.24) is 14.6 Å². The molecular weight excluding hydrogens is 293 g/mol. The topological polar surface area (TPSA) is 30.2 Å². The minimum Gasteiger partial charge on any atom is -0.211 e. The lowest BCUT2D eigenvalue weighted by Gasteiger charge is -1.79. The molecule has 3 nitrogen and oxygen atoms in total. The maximum absolute atomic E-state index is 4.28. The Hall–Kier alpha value is 0.180. The summed E-state index contributed by atoms with van der Waals surface area (Å²) in [7, 11) is 0. The van der Waals surface area contributed by atoms with E-state index in [0.29, 0.717) is 0 Å². The Kier molecular flexibility index (Phi) is 2.06. The normalized spacial score (nSPS) is 11.1. The summed E-state index contributed by atoms with van der Waals surface area (Å²) in [6.45, 7) is 0. The molecule has 2 aromatic rings. The van der Waals surface area contributed by atoms with Crippen LogP contribution in [0.3, 0.4) is 0 Å². The van der Waals surface area contributed by atoms with Gasteiger partial charge in [0, 0.05) is 0 Å². The molecule has 0 fully saturated rings. The third-order valence-electron chi connectivity index (χ3n) is 1.17. The summed E-state index contributed by atoms with van der Waals surface area (Å²) >= 11 is 5.45. The highest BCUT2D eigenvalue weighted by atomic mass is 127. The molecule has 0 aliphatic heterocycles. The first-order valence-corrected chi connectivity index (χ1v) is 5.97. The second-order valence-corrected chi connectivity index (χ2v) is 4.98. The molecule has 2 rings (SSSR count). The van der Waals surface area contributed by atoms with Crippen molar-refractivity contribution in [3.63, 3.8) is 0 Å². The Balaban J connectivity index is 2.64. The number of rotatable bonds is 1. The summed E-state index contributed by atoms with van der Waals surface area (Å²) in [5.74, 6) is 0. The lowest BCUT2D eigenvalue weighted by atomic mass is 11.0. The van der Waals surface area contributed by atoms with Crippen LogP contribution < -0.4 is 0 Å². The molecule has 0 aliphatic carbocycles. The average molecular weight is 297 g/mol. The maximum atomic E-state index is 4.28. The lowest BCUT2D eigenvalue weighted by Crippen LogP contribution is -1.78. The minimum atomic E-state index is 0.971. The highest BCUT2D eigenvalue weighted by molar-refractivity contribution is 14.1. The molecular formula is C5H4IN3S2. The van der Waals surface area contributed by atoms with Gasteiger partial charge in [-0.2, -0.15) is 0 Å². The number of nitrogens with zero attached hydrogens (tertiary/aromatic N) is 3. The van der Waals surface area contributed by atoms with Crippen molar-refractivity contribution in [2.45, 2.75) is 4.34 Å². The van der Waals surface area contributed by atoms with Gasteiger partial charge >= 0.3 is 0 Å². The largest absolute Gasteiger partial charge is 0.213 e. The molecule has 2 heterocycles. The molecule has 0 unspecified atom stereocenters. The van der Waals surface area contributed by atoms with Crippen molar-refractivity contribution in [3.8, 4) is 0 Å². The molecule has 2 aromatic heterocycles. The molecule has 0 N–H and O–H groups in total. The van der Waals surface area contributed by atoms with Gasteiger partial charge in [0.1, 0.15) is 3.70 Å². The van der Waals surface area contributed by atoms with Gasteiger partial charge in [-0.1, -0.05) is 23.1 Å². The number of fused-ring (bicyclic) bond motifs is 1. The quantitative estimate of drug-likeness (QED) is 0.596. The Bertz CT molecular complexity index is 348. The Morgan fingerprint density at radius 3 is 3.18 bits per heavy atom. The predicted octanol–water partition coefficient (Wildman–Crippen LogP) is 2.12. The monoisotopic (exact) mass is 297 g/mol. The van der Waals surface area contributed by atoms with Gasteiger partial charge in [-0.25, -0.2) is 9.50 Å². The minimum absolute atomic E-state index is 0.971. The summed E-state index contributed by atoms with van der Waals surface area (Å²) in [5, 5.41) is 4.28. The average Bonchev–Trinajstić information content (AvgIpc) is 2.43. The van der Waals surface area contributed by atoms with Crippen LogP contribution in [0.2, 0.25) is 0 Å². The SMILES string of the molecule is CSc1nn2cc(I)nc2s1. The van der Waals surface area contributed by atoms with Crippen LogP contribution in [0.4, 0.5) is 0 Å². The van der Waals surface area contributed by atoms with E-state index in [1.807, 2.05) is 17.0 Å². The van der Waals surface area contributed by atoms with Crippen molar-refractivity contribution in [2.75, 3.05) is 6.26 Å². The summed E-state index contributed by atoms with van der Waals surface area (Å²) in [6, 6.07) is 0. The molecule has 11 heavy (non-hydrogen) atoms. The molecule has 6 heteroatoms. The molecule has 58 valence electrons. The number of aromatic nitrogens is 3. The van der Waals surface area contributed by atoms with E-state index in [2.05, 4.69) is 32.7 Å². The van der Waals surface area contributed by atoms with Crippen LogP contribution >= 0.6 is 45.7 Å². The molecule has 0 saturated heterocycles. The molecule has 0 saturated carbocycles. The van der Waals surface area contributed by atoms with Crippen LogP contribution in [0.25, 0.3) is 4.96 Å². The van der Waals surface area contributed by atoms with Crippen molar-refractivity contribution in [2.24, 2.45) is 0 Å². The molecule has 0 amide bonds. The smallest absolute Gasteiger partial charge is 0.211 e. The molecule has 0 aromatic carbocycles. The summed E-state index contributed by atoms with van der Waals surface area (Å²) in [5.41, 5.74) is 0.